The monoisotopic (exact) mass is 357 g/mol. The zero-order valence-corrected chi connectivity index (χ0v) is 12.3. The van der Waals surface area contributed by atoms with E-state index in [1.807, 2.05) is 30.3 Å². The summed E-state index contributed by atoms with van der Waals surface area (Å²) in [5.41, 5.74) is 6.45. The van der Waals surface area contributed by atoms with Crippen LogP contribution in [0.15, 0.2) is 52.3 Å². The van der Waals surface area contributed by atoms with Crippen LogP contribution in [0.1, 0.15) is 0 Å². The van der Waals surface area contributed by atoms with E-state index in [1.165, 1.54) is 9.79 Å². The minimum Gasteiger partial charge on any atom is -0.496 e. The second-order valence-electron chi connectivity index (χ2n) is 3.47. The van der Waals surface area contributed by atoms with Gasteiger partial charge in [-0.3, -0.25) is 0 Å². The van der Waals surface area contributed by atoms with Gasteiger partial charge in [0.15, 0.2) is 0 Å². The third-order valence-corrected chi connectivity index (χ3v) is 4.08. The summed E-state index contributed by atoms with van der Waals surface area (Å²) in [6, 6.07) is 14.0. The van der Waals surface area contributed by atoms with Gasteiger partial charge in [0.25, 0.3) is 0 Å². The second kappa shape index (κ2) is 5.64. The fraction of sp³-hybridized carbons (Fsp3) is 0.0769. The van der Waals surface area contributed by atoms with Gasteiger partial charge < -0.3 is 10.5 Å². The highest BCUT2D eigenvalue weighted by Gasteiger charge is 2.02. The summed E-state index contributed by atoms with van der Waals surface area (Å²) in [5, 5.41) is 0. The van der Waals surface area contributed by atoms with Crippen molar-refractivity contribution in [3.05, 3.63) is 46.0 Å². The quantitative estimate of drug-likeness (QED) is 0.665. The number of nitrogens with two attached hydrogens (primary N) is 1. The van der Waals surface area contributed by atoms with Gasteiger partial charge in [-0.1, -0.05) is 11.8 Å². The second-order valence-corrected chi connectivity index (χ2v) is 5.78. The van der Waals surface area contributed by atoms with Crippen LogP contribution in [0.3, 0.4) is 0 Å². The van der Waals surface area contributed by atoms with Crippen molar-refractivity contribution in [2.75, 3.05) is 12.8 Å². The number of methoxy groups -OCH3 is 1. The number of halogens is 1. The molecule has 0 spiro atoms. The fourth-order valence-electron chi connectivity index (χ4n) is 1.38. The molecular weight excluding hydrogens is 345 g/mol. The molecule has 0 aliphatic carbocycles. The average Bonchev–Trinajstić information content (AvgIpc) is 2.32. The largest absolute Gasteiger partial charge is 0.496 e. The summed E-state index contributed by atoms with van der Waals surface area (Å²) in [5.74, 6) is 0.909. The summed E-state index contributed by atoms with van der Waals surface area (Å²) in [6.07, 6.45) is 0. The predicted octanol–water partition coefficient (Wildman–Crippen LogP) is 4.03. The SMILES string of the molecule is COc1ccc(Sc2ccc(N)cc2)cc1I. The predicted molar refractivity (Wildman–Crippen MR) is 80.7 cm³/mol. The molecule has 4 heteroatoms. The molecule has 0 atom stereocenters. The molecule has 0 aliphatic heterocycles. The van der Waals surface area contributed by atoms with E-state index in [4.69, 9.17) is 10.5 Å². The van der Waals surface area contributed by atoms with Crippen LogP contribution in [0.2, 0.25) is 0 Å². The Kier molecular flexibility index (Phi) is 4.17. The van der Waals surface area contributed by atoms with Crippen LogP contribution in [0, 0.1) is 3.57 Å². The Labute approximate surface area is 119 Å². The van der Waals surface area contributed by atoms with Gasteiger partial charge in [0.2, 0.25) is 0 Å². The topological polar surface area (TPSA) is 35.2 Å². The van der Waals surface area contributed by atoms with Crippen molar-refractivity contribution in [1.82, 2.24) is 0 Å². The summed E-state index contributed by atoms with van der Waals surface area (Å²) >= 11 is 3.99. The summed E-state index contributed by atoms with van der Waals surface area (Å²) < 4.78 is 6.35. The Morgan fingerprint density at radius 3 is 2.29 bits per heavy atom. The smallest absolute Gasteiger partial charge is 0.132 e. The molecule has 0 heterocycles. The van der Waals surface area contributed by atoms with Gasteiger partial charge in [-0.15, -0.1) is 0 Å². The number of nitrogen functional groups attached to an aromatic ring is 1. The Balaban J connectivity index is 2.19. The van der Waals surface area contributed by atoms with Crippen LogP contribution >= 0.6 is 34.4 Å². The Morgan fingerprint density at radius 2 is 1.71 bits per heavy atom. The first-order chi connectivity index (χ1) is 8.19. The Hall–Kier alpha value is -0.880. The molecule has 0 radical (unpaired) electrons. The van der Waals surface area contributed by atoms with Crippen LogP contribution in [-0.2, 0) is 0 Å². The first-order valence-electron chi connectivity index (χ1n) is 5.06. The van der Waals surface area contributed by atoms with Gasteiger partial charge in [0.1, 0.15) is 5.75 Å². The highest BCUT2D eigenvalue weighted by molar-refractivity contribution is 14.1. The lowest BCUT2D eigenvalue weighted by Gasteiger charge is -2.06. The number of benzene rings is 2. The third-order valence-electron chi connectivity index (χ3n) is 2.24. The van der Waals surface area contributed by atoms with E-state index in [1.54, 1.807) is 18.9 Å². The van der Waals surface area contributed by atoms with Crippen LogP contribution in [0.5, 0.6) is 5.75 Å². The number of hydrogen-bond acceptors (Lipinski definition) is 3. The lowest BCUT2D eigenvalue weighted by atomic mass is 10.3. The lowest BCUT2D eigenvalue weighted by molar-refractivity contribution is 0.411. The number of ether oxygens (including phenoxy) is 1. The molecule has 2 aromatic rings. The van der Waals surface area contributed by atoms with Gasteiger partial charge >= 0.3 is 0 Å². The van der Waals surface area contributed by atoms with Crippen molar-refractivity contribution in [1.29, 1.82) is 0 Å². The highest BCUT2D eigenvalue weighted by Crippen LogP contribution is 2.32. The summed E-state index contributed by atoms with van der Waals surface area (Å²) in [7, 11) is 1.68. The molecule has 0 unspecified atom stereocenters. The summed E-state index contributed by atoms with van der Waals surface area (Å²) in [4.78, 5) is 2.38. The van der Waals surface area contributed by atoms with Gasteiger partial charge in [0, 0.05) is 15.5 Å². The molecule has 0 bridgehead atoms. The average molecular weight is 357 g/mol. The van der Waals surface area contributed by atoms with E-state index in [9.17, 15) is 0 Å². The zero-order valence-electron chi connectivity index (χ0n) is 9.31. The van der Waals surface area contributed by atoms with Crippen LogP contribution in [-0.4, -0.2) is 7.11 Å². The van der Waals surface area contributed by atoms with Crippen LogP contribution in [0.4, 0.5) is 5.69 Å². The van der Waals surface area contributed by atoms with Crippen LogP contribution < -0.4 is 10.5 Å². The number of rotatable bonds is 3. The van der Waals surface area contributed by atoms with E-state index in [0.717, 1.165) is 15.0 Å². The molecule has 2 aromatic carbocycles. The molecule has 0 saturated carbocycles. The van der Waals surface area contributed by atoms with Gasteiger partial charge in [0.05, 0.1) is 10.7 Å². The van der Waals surface area contributed by atoms with E-state index < -0.39 is 0 Å². The molecule has 0 fully saturated rings. The van der Waals surface area contributed by atoms with Crippen molar-refractivity contribution in [2.24, 2.45) is 0 Å². The van der Waals surface area contributed by atoms with Crippen molar-refractivity contribution < 1.29 is 4.74 Å². The minimum atomic E-state index is 0.790. The van der Waals surface area contributed by atoms with Gasteiger partial charge in [-0.05, 0) is 65.1 Å². The molecular formula is C13H12INOS. The van der Waals surface area contributed by atoms with E-state index in [2.05, 4.69) is 34.7 Å². The van der Waals surface area contributed by atoms with Crippen LogP contribution in [0.25, 0.3) is 0 Å². The maximum Gasteiger partial charge on any atom is 0.132 e. The summed E-state index contributed by atoms with van der Waals surface area (Å²) in [6.45, 7) is 0. The zero-order chi connectivity index (χ0) is 12.3. The van der Waals surface area contributed by atoms with E-state index in [-0.39, 0.29) is 0 Å². The maximum absolute atomic E-state index is 5.66. The molecule has 0 aromatic heterocycles. The normalized spacial score (nSPS) is 10.2. The van der Waals surface area contributed by atoms with Crippen molar-refractivity contribution in [3.63, 3.8) is 0 Å². The van der Waals surface area contributed by atoms with Crippen molar-refractivity contribution in [3.8, 4) is 5.75 Å². The van der Waals surface area contributed by atoms with E-state index >= 15 is 0 Å². The molecule has 17 heavy (non-hydrogen) atoms. The van der Waals surface area contributed by atoms with Crippen molar-refractivity contribution >= 4 is 40.0 Å². The first-order valence-corrected chi connectivity index (χ1v) is 6.95. The minimum absolute atomic E-state index is 0.790. The third kappa shape index (κ3) is 3.29. The lowest BCUT2D eigenvalue weighted by Crippen LogP contribution is -1.86. The number of hydrogen-bond donors (Lipinski definition) is 1. The molecule has 2 nitrogen and oxygen atoms in total. The first kappa shape index (κ1) is 12.6. The molecule has 0 saturated heterocycles. The maximum atomic E-state index is 5.66. The van der Waals surface area contributed by atoms with Gasteiger partial charge in [-0.25, -0.2) is 0 Å². The molecule has 88 valence electrons. The molecule has 2 rings (SSSR count). The fourth-order valence-corrected chi connectivity index (χ4v) is 3.19. The van der Waals surface area contributed by atoms with Crippen molar-refractivity contribution in [2.45, 2.75) is 9.79 Å². The van der Waals surface area contributed by atoms with E-state index in [0.29, 0.717) is 0 Å². The number of anilines is 1. The highest BCUT2D eigenvalue weighted by atomic mass is 127. The Morgan fingerprint density at radius 1 is 1.06 bits per heavy atom. The van der Waals surface area contributed by atoms with Gasteiger partial charge in [-0.2, -0.15) is 0 Å². The standard InChI is InChI=1S/C13H12INOS/c1-16-13-7-6-11(8-12(13)14)17-10-4-2-9(15)3-5-10/h2-8H,15H2,1H3. The molecule has 0 amide bonds. The molecule has 0 aliphatic rings. The Bertz CT molecular complexity index is 513. The molecule has 2 N–H and O–H groups in total.